The Morgan fingerprint density at radius 2 is 2.00 bits per heavy atom. The van der Waals surface area contributed by atoms with Crippen LogP contribution in [0.5, 0.6) is 0 Å². The minimum absolute atomic E-state index is 0.00215. The van der Waals surface area contributed by atoms with Crippen LogP contribution >= 0.6 is 0 Å². The topological polar surface area (TPSA) is 55.1 Å². The molecule has 1 fully saturated rings. The first-order valence-electron chi connectivity index (χ1n) is 6.06. The van der Waals surface area contributed by atoms with Crippen molar-refractivity contribution < 1.29 is 4.79 Å². The summed E-state index contributed by atoms with van der Waals surface area (Å²) in [5.74, 6) is 0.281. The highest BCUT2D eigenvalue weighted by molar-refractivity contribution is 5.82. The van der Waals surface area contributed by atoms with Gasteiger partial charge >= 0.3 is 0 Å². The molecule has 0 saturated heterocycles. The van der Waals surface area contributed by atoms with Gasteiger partial charge in [-0.3, -0.25) is 4.79 Å². The molecule has 1 aliphatic carbocycles. The first-order chi connectivity index (χ1) is 6.98. The van der Waals surface area contributed by atoms with Crippen LogP contribution in [-0.2, 0) is 4.79 Å². The van der Waals surface area contributed by atoms with E-state index in [2.05, 4.69) is 19.2 Å². The molecule has 15 heavy (non-hydrogen) atoms. The van der Waals surface area contributed by atoms with Crippen LogP contribution in [0.4, 0.5) is 0 Å². The van der Waals surface area contributed by atoms with Gasteiger partial charge in [0.05, 0.1) is 6.04 Å². The number of amides is 1. The molecular weight excluding hydrogens is 188 g/mol. The van der Waals surface area contributed by atoms with E-state index in [1.165, 1.54) is 12.8 Å². The standard InChI is InChI=1S/C12H24N2O/c1-4-9(2)10(13)11(15)14-12(3)7-5-6-8-12/h9-10H,4-8,13H2,1-3H3,(H,14,15)/t9-,10-/m0/s1. The molecule has 2 atom stereocenters. The summed E-state index contributed by atoms with van der Waals surface area (Å²) < 4.78 is 0. The zero-order chi connectivity index (χ0) is 11.5. The van der Waals surface area contributed by atoms with E-state index in [9.17, 15) is 4.79 Å². The monoisotopic (exact) mass is 212 g/mol. The maximum atomic E-state index is 11.9. The molecule has 1 aliphatic rings. The lowest BCUT2D eigenvalue weighted by Crippen LogP contribution is -2.52. The van der Waals surface area contributed by atoms with Crippen molar-refractivity contribution in [3.8, 4) is 0 Å². The lowest BCUT2D eigenvalue weighted by Gasteiger charge is -2.28. The molecule has 1 saturated carbocycles. The minimum Gasteiger partial charge on any atom is -0.350 e. The van der Waals surface area contributed by atoms with E-state index in [0.29, 0.717) is 0 Å². The van der Waals surface area contributed by atoms with E-state index >= 15 is 0 Å². The Kier molecular flexibility index (Phi) is 4.14. The Labute approximate surface area is 92.8 Å². The van der Waals surface area contributed by atoms with Crippen LogP contribution in [0.3, 0.4) is 0 Å². The van der Waals surface area contributed by atoms with Gasteiger partial charge in [-0.25, -0.2) is 0 Å². The zero-order valence-corrected chi connectivity index (χ0v) is 10.2. The Balaban J connectivity index is 2.47. The predicted molar refractivity (Wildman–Crippen MR) is 62.4 cm³/mol. The van der Waals surface area contributed by atoms with E-state index in [-0.39, 0.29) is 23.4 Å². The number of nitrogens with one attached hydrogen (secondary N) is 1. The molecule has 3 nitrogen and oxygen atoms in total. The maximum absolute atomic E-state index is 11.9. The molecule has 0 aromatic rings. The summed E-state index contributed by atoms with van der Waals surface area (Å²) in [5.41, 5.74) is 5.90. The van der Waals surface area contributed by atoms with Gasteiger partial charge in [-0.15, -0.1) is 0 Å². The summed E-state index contributed by atoms with van der Waals surface area (Å²) in [6, 6.07) is -0.354. The highest BCUT2D eigenvalue weighted by Crippen LogP contribution is 2.29. The predicted octanol–water partition coefficient (Wildman–Crippen LogP) is 1.81. The number of hydrogen-bond donors (Lipinski definition) is 2. The molecule has 0 aliphatic heterocycles. The van der Waals surface area contributed by atoms with Crippen molar-refractivity contribution in [3.05, 3.63) is 0 Å². The second-order valence-corrected chi connectivity index (χ2v) is 5.17. The van der Waals surface area contributed by atoms with Gasteiger partial charge in [-0.05, 0) is 25.7 Å². The third-order valence-electron chi connectivity index (χ3n) is 3.69. The van der Waals surface area contributed by atoms with E-state index in [1.54, 1.807) is 0 Å². The quantitative estimate of drug-likeness (QED) is 0.746. The molecule has 3 heteroatoms. The average molecular weight is 212 g/mol. The van der Waals surface area contributed by atoms with Gasteiger partial charge in [-0.1, -0.05) is 33.1 Å². The second-order valence-electron chi connectivity index (χ2n) is 5.17. The number of rotatable bonds is 4. The molecule has 0 radical (unpaired) electrons. The van der Waals surface area contributed by atoms with E-state index < -0.39 is 0 Å². The summed E-state index contributed by atoms with van der Waals surface area (Å²) in [7, 11) is 0. The van der Waals surface area contributed by atoms with E-state index in [1.807, 2.05) is 6.92 Å². The lowest BCUT2D eigenvalue weighted by atomic mass is 9.96. The third kappa shape index (κ3) is 3.20. The minimum atomic E-state index is -0.354. The zero-order valence-electron chi connectivity index (χ0n) is 10.2. The van der Waals surface area contributed by atoms with Crippen molar-refractivity contribution >= 4 is 5.91 Å². The van der Waals surface area contributed by atoms with Crippen LogP contribution in [0.25, 0.3) is 0 Å². The summed E-state index contributed by atoms with van der Waals surface area (Å²) in [6.07, 6.45) is 5.56. The normalized spacial score (nSPS) is 23.5. The maximum Gasteiger partial charge on any atom is 0.237 e. The third-order valence-corrected chi connectivity index (χ3v) is 3.69. The van der Waals surface area contributed by atoms with Crippen LogP contribution in [-0.4, -0.2) is 17.5 Å². The van der Waals surface area contributed by atoms with Gasteiger partial charge in [0.2, 0.25) is 5.91 Å². The van der Waals surface area contributed by atoms with E-state index in [4.69, 9.17) is 5.73 Å². The lowest BCUT2D eigenvalue weighted by molar-refractivity contribution is -0.125. The number of carbonyl (C=O) groups is 1. The Morgan fingerprint density at radius 3 is 2.47 bits per heavy atom. The highest BCUT2D eigenvalue weighted by atomic mass is 16.2. The van der Waals surface area contributed by atoms with Crippen LogP contribution in [0.15, 0.2) is 0 Å². The molecule has 1 amide bonds. The van der Waals surface area contributed by atoms with Gasteiger partial charge < -0.3 is 11.1 Å². The molecule has 0 unspecified atom stereocenters. The van der Waals surface area contributed by atoms with E-state index in [0.717, 1.165) is 19.3 Å². The molecule has 3 N–H and O–H groups in total. The van der Waals surface area contributed by atoms with Gasteiger partial charge in [0.15, 0.2) is 0 Å². The molecule has 1 rings (SSSR count). The van der Waals surface area contributed by atoms with Gasteiger partial charge in [0.25, 0.3) is 0 Å². The highest BCUT2D eigenvalue weighted by Gasteiger charge is 2.32. The Morgan fingerprint density at radius 1 is 1.47 bits per heavy atom. The number of hydrogen-bond acceptors (Lipinski definition) is 2. The SMILES string of the molecule is CC[C@H](C)[C@H](N)C(=O)NC1(C)CCCC1. The Bertz CT molecular complexity index is 222. The average Bonchev–Trinajstić information content (AvgIpc) is 2.62. The molecule has 88 valence electrons. The summed E-state index contributed by atoms with van der Waals surface area (Å²) >= 11 is 0. The van der Waals surface area contributed by atoms with Crippen molar-refractivity contribution in [2.75, 3.05) is 0 Å². The van der Waals surface area contributed by atoms with Crippen molar-refractivity contribution in [1.29, 1.82) is 0 Å². The smallest absolute Gasteiger partial charge is 0.237 e. The van der Waals surface area contributed by atoms with Crippen molar-refractivity contribution in [1.82, 2.24) is 5.32 Å². The molecule has 0 aromatic heterocycles. The first-order valence-corrected chi connectivity index (χ1v) is 6.06. The summed E-state index contributed by atoms with van der Waals surface area (Å²) in [5, 5.41) is 3.11. The fraction of sp³-hybridized carbons (Fsp3) is 0.917. The Hall–Kier alpha value is -0.570. The van der Waals surface area contributed by atoms with Crippen LogP contribution < -0.4 is 11.1 Å². The first kappa shape index (κ1) is 12.5. The van der Waals surface area contributed by atoms with Crippen LogP contribution in [0, 0.1) is 5.92 Å². The molecule has 0 aromatic carbocycles. The number of carbonyl (C=O) groups excluding carboxylic acids is 1. The molecule has 0 bridgehead atoms. The number of nitrogens with two attached hydrogens (primary N) is 1. The van der Waals surface area contributed by atoms with Gasteiger partial charge in [-0.2, -0.15) is 0 Å². The fourth-order valence-corrected chi connectivity index (χ4v) is 2.17. The van der Waals surface area contributed by atoms with Crippen LogP contribution in [0.1, 0.15) is 52.9 Å². The summed E-state index contributed by atoms with van der Waals surface area (Å²) in [4.78, 5) is 11.9. The van der Waals surface area contributed by atoms with Gasteiger partial charge in [0.1, 0.15) is 0 Å². The molecule has 0 heterocycles. The molecule has 0 spiro atoms. The fourth-order valence-electron chi connectivity index (χ4n) is 2.17. The second kappa shape index (κ2) is 4.97. The van der Waals surface area contributed by atoms with Gasteiger partial charge in [0, 0.05) is 5.54 Å². The van der Waals surface area contributed by atoms with Crippen molar-refractivity contribution in [3.63, 3.8) is 0 Å². The van der Waals surface area contributed by atoms with Crippen molar-refractivity contribution in [2.45, 2.75) is 64.5 Å². The summed E-state index contributed by atoms with van der Waals surface area (Å²) in [6.45, 7) is 6.22. The van der Waals surface area contributed by atoms with Crippen molar-refractivity contribution in [2.24, 2.45) is 11.7 Å². The van der Waals surface area contributed by atoms with Crippen LogP contribution in [0.2, 0.25) is 0 Å². The molecular formula is C12H24N2O. The largest absolute Gasteiger partial charge is 0.350 e.